The Morgan fingerprint density at radius 2 is 2.00 bits per heavy atom. The van der Waals surface area contributed by atoms with Crippen LogP contribution >= 0.6 is 0 Å². The molecule has 4 nitrogen and oxygen atoms in total. The third-order valence-electron chi connectivity index (χ3n) is 1.38. The van der Waals surface area contributed by atoms with E-state index >= 15 is 0 Å². The molecule has 0 aromatic rings. The molecule has 7 heteroatoms. The molecule has 0 aliphatic heterocycles. The Morgan fingerprint density at radius 1 is 1.33 bits per heavy atom. The van der Waals surface area contributed by atoms with Gasteiger partial charge in [0.25, 0.3) is 0 Å². The lowest BCUT2D eigenvalue weighted by Gasteiger charge is -2.17. The first-order valence-corrected chi connectivity index (χ1v) is 4.46. The minimum Gasteiger partial charge on any atom is -0.394 e. The van der Waals surface area contributed by atoms with E-state index in [0.717, 1.165) is 0 Å². The van der Waals surface area contributed by atoms with Crippen LogP contribution in [0.5, 0.6) is 0 Å². The molecule has 0 aromatic heterocycles. The fourth-order valence-corrected chi connectivity index (χ4v) is 0.684. The number of halogens is 3. The van der Waals surface area contributed by atoms with Crippen LogP contribution in [0.25, 0.3) is 0 Å². The molecule has 0 heterocycles. The fourth-order valence-electron chi connectivity index (χ4n) is 0.684. The second-order valence-electron chi connectivity index (χ2n) is 2.88. The number of ether oxygens (including phenoxy) is 2. The first-order valence-electron chi connectivity index (χ1n) is 4.46. The predicted octanol–water partition coefficient (Wildman–Crippen LogP) is 0.325. The molecule has 0 rings (SSSR count). The fraction of sp³-hybridized carbons (Fsp3) is 1.00. The van der Waals surface area contributed by atoms with E-state index in [1.54, 1.807) is 0 Å². The summed E-state index contributed by atoms with van der Waals surface area (Å²) in [6.07, 6.45) is -4.79. The van der Waals surface area contributed by atoms with Gasteiger partial charge in [-0.1, -0.05) is 0 Å². The van der Waals surface area contributed by atoms with Gasteiger partial charge in [0.2, 0.25) is 0 Å². The highest BCUT2D eigenvalue weighted by molar-refractivity contribution is 4.54. The lowest BCUT2D eigenvalue weighted by Crippen LogP contribution is -2.31. The van der Waals surface area contributed by atoms with Gasteiger partial charge >= 0.3 is 6.11 Å². The summed E-state index contributed by atoms with van der Waals surface area (Å²) in [7, 11) is 0. The molecule has 0 aromatic carbocycles. The minimum atomic E-state index is -3.50. The average molecular weight is 232 g/mol. The van der Waals surface area contributed by atoms with E-state index in [2.05, 4.69) is 9.47 Å². The summed E-state index contributed by atoms with van der Waals surface area (Å²) in [5, 5.41) is 17.1. The maximum atomic E-state index is 12.7. The van der Waals surface area contributed by atoms with E-state index in [1.165, 1.54) is 0 Å². The van der Waals surface area contributed by atoms with Crippen LogP contribution in [0.3, 0.4) is 0 Å². The van der Waals surface area contributed by atoms with Crippen molar-refractivity contribution < 1.29 is 32.9 Å². The number of aliphatic hydroxyl groups is 2. The van der Waals surface area contributed by atoms with Crippen molar-refractivity contribution in [3.8, 4) is 0 Å². The number of hydrogen-bond donors (Lipinski definition) is 2. The summed E-state index contributed by atoms with van der Waals surface area (Å²) in [5.74, 6) is 0. The zero-order valence-corrected chi connectivity index (χ0v) is 8.16. The number of alkyl halides is 3. The molecule has 15 heavy (non-hydrogen) atoms. The van der Waals surface area contributed by atoms with E-state index in [0.29, 0.717) is 0 Å². The molecular weight excluding hydrogens is 217 g/mol. The van der Waals surface area contributed by atoms with Crippen molar-refractivity contribution in [1.82, 2.24) is 0 Å². The van der Waals surface area contributed by atoms with Crippen molar-refractivity contribution >= 4 is 0 Å². The second kappa shape index (κ2) is 7.86. The van der Waals surface area contributed by atoms with Crippen molar-refractivity contribution in [2.75, 3.05) is 33.1 Å². The van der Waals surface area contributed by atoms with Crippen LogP contribution in [0, 0.1) is 0 Å². The Morgan fingerprint density at radius 3 is 2.53 bits per heavy atom. The number of aliphatic hydroxyl groups excluding tert-OH is 2. The van der Waals surface area contributed by atoms with Gasteiger partial charge in [0, 0.05) is 0 Å². The molecule has 2 N–H and O–H groups in total. The van der Waals surface area contributed by atoms with E-state index in [1.807, 2.05) is 0 Å². The van der Waals surface area contributed by atoms with Crippen LogP contribution in [0.4, 0.5) is 13.2 Å². The predicted molar refractivity (Wildman–Crippen MR) is 45.4 cm³/mol. The van der Waals surface area contributed by atoms with Gasteiger partial charge in [0.05, 0.1) is 26.5 Å². The van der Waals surface area contributed by atoms with Gasteiger partial charge in [0.15, 0.2) is 0 Å². The van der Waals surface area contributed by atoms with Crippen molar-refractivity contribution in [3.05, 3.63) is 0 Å². The lowest BCUT2D eigenvalue weighted by molar-refractivity contribution is -0.267. The van der Waals surface area contributed by atoms with Crippen molar-refractivity contribution in [2.24, 2.45) is 0 Å². The summed E-state index contributed by atoms with van der Waals surface area (Å²) in [6.45, 7) is -3.11. The van der Waals surface area contributed by atoms with Gasteiger partial charge in [-0.2, -0.15) is 8.78 Å². The van der Waals surface area contributed by atoms with E-state index in [-0.39, 0.29) is 6.42 Å². The van der Waals surface area contributed by atoms with Gasteiger partial charge in [0.1, 0.15) is 12.7 Å². The Hall–Kier alpha value is -0.370. The van der Waals surface area contributed by atoms with Crippen LogP contribution in [0.15, 0.2) is 0 Å². The van der Waals surface area contributed by atoms with Crippen molar-refractivity contribution in [2.45, 2.75) is 18.6 Å². The van der Waals surface area contributed by atoms with Gasteiger partial charge in [-0.25, -0.2) is 0 Å². The van der Waals surface area contributed by atoms with E-state index in [4.69, 9.17) is 10.2 Å². The first kappa shape index (κ1) is 14.6. The molecule has 1 unspecified atom stereocenters. The molecule has 0 spiro atoms. The first-order chi connectivity index (χ1) is 7.02. The van der Waals surface area contributed by atoms with Gasteiger partial charge in [-0.05, 0) is 6.42 Å². The number of hydrogen-bond acceptors (Lipinski definition) is 4. The van der Waals surface area contributed by atoms with Gasteiger partial charge in [-0.3, -0.25) is 4.39 Å². The Bertz CT molecular complexity index is 157. The Balaban J connectivity index is 3.54. The highest BCUT2D eigenvalue weighted by Crippen LogP contribution is 2.15. The van der Waals surface area contributed by atoms with Gasteiger partial charge in [-0.15, -0.1) is 0 Å². The van der Waals surface area contributed by atoms with Crippen molar-refractivity contribution in [1.29, 1.82) is 0 Å². The summed E-state index contributed by atoms with van der Waals surface area (Å²) >= 11 is 0. The highest BCUT2D eigenvalue weighted by Gasteiger charge is 2.30. The molecule has 0 bridgehead atoms. The molecule has 0 aliphatic rings. The molecule has 0 fully saturated rings. The maximum Gasteiger partial charge on any atom is 0.379 e. The topological polar surface area (TPSA) is 58.9 Å². The number of rotatable bonds is 9. The highest BCUT2D eigenvalue weighted by atomic mass is 19.3. The molecule has 0 aliphatic carbocycles. The molecular formula is C8H15F3O4. The summed E-state index contributed by atoms with van der Waals surface area (Å²) < 4.78 is 45.4. The van der Waals surface area contributed by atoms with E-state index in [9.17, 15) is 13.2 Å². The Labute approximate surface area is 85.6 Å². The van der Waals surface area contributed by atoms with Gasteiger partial charge < -0.3 is 19.7 Å². The standard InChI is InChI=1S/C8H15F3O4/c9-2-1-3-15-8(10,11)6-14-5-7(13)4-12/h7,12-13H,1-6H2. The van der Waals surface area contributed by atoms with Crippen LogP contribution in [0.2, 0.25) is 0 Å². The zero-order valence-electron chi connectivity index (χ0n) is 8.16. The van der Waals surface area contributed by atoms with Crippen LogP contribution in [0.1, 0.15) is 6.42 Å². The van der Waals surface area contributed by atoms with Crippen LogP contribution < -0.4 is 0 Å². The summed E-state index contributed by atoms with van der Waals surface area (Å²) in [6, 6.07) is 0. The van der Waals surface area contributed by atoms with E-state index < -0.39 is 45.3 Å². The lowest BCUT2D eigenvalue weighted by atomic mass is 10.4. The molecule has 0 radical (unpaired) electrons. The summed E-state index contributed by atoms with van der Waals surface area (Å²) in [4.78, 5) is 0. The minimum absolute atomic E-state index is 0.102. The van der Waals surface area contributed by atoms with Crippen LogP contribution in [-0.2, 0) is 9.47 Å². The molecule has 92 valence electrons. The molecule has 0 amide bonds. The quantitative estimate of drug-likeness (QED) is 0.562. The molecule has 1 atom stereocenters. The average Bonchev–Trinajstić information content (AvgIpc) is 2.17. The van der Waals surface area contributed by atoms with Crippen LogP contribution in [-0.4, -0.2) is 55.5 Å². The van der Waals surface area contributed by atoms with Crippen molar-refractivity contribution in [3.63, 3.8) is 0 Å². The maximum absolute atomic E-state index is 12.7. The molecule has 0 saturated carbocycles. The smallest absolute Gasteiger partial charge is 0.379 e. The third-order valence-corrected chi connectivity index (χ3v) is 1.38. The Kier molecular flexibility index (Phi) is 7.67. The second-order valence-corrected chi connectivity index (χ2v) is 2.88. The molecule has 0 saturated heterocycles. The zero-order chi connectivity index (χ0) is 11.7. The third kappa shape index (κ3) is 8.61. The monoisotopic (exact) mass is 232 g/mol. The summed E-state index contributed by atoms with van der Waals surface area (Å²) in [5.41, 5.74) is 0. The largest absolute Gasteiger partial charge is 0.394 e. The normalized spacial score (nSPS) is 14.2. The SMILES string of the molecule is OCC(O)COCC(F)(F)OCCCF.